The average molecular weight is 338 g/mol. The molecule has 1 atom stereocenters. The highest BCUT2D eigenvalue weighted by molar-refractivity contribution is 6.30. The van der Waals surface area contributed by atoms with Gasteiger partial charge in [-0.1, -0.05) is 37.6 Å². The van der Waals surface area contributed by atoms with Crippen molar-refractivity contribution in [1.82, 2.24) is 15.1 Å². The van der Waals surface area contributed by atoms with E-state index < -0.39 is 0 Å². The molecule has 0 radical (unpaired) electrons. The van der Waals surface area contributed by atoms with Crippen LogP contribution in [0, 0.1) is 5.92 Å². The predicted molar refractivity (Wildman–Crippen MR) is 96.1 cm³/mol. The highest BCUT2D eigenvalue weighted by atomic mass is 35.5. The maximum atomic E-state index is 12.4. The zero-order valence-electron chi connectivity index (χ0n) is 14.6. The summed E-state index contributed by atoms with van der Waals surface area (Å²) in [7, 11) is 4.16. The molecule has 0 spiro atoms. The molecule has 1 heterocycles. The molecule has 2 amide bonds. The molecule has 5 heteroatoms. The Bertz CT molecular complexity index is 528. The molecular weight excluding hydrogens is 310 g/mol. The molecule has 1 aliphatic rings. The van der Waals surface area contributed by atoms with Crippen LogP contribution in [0.5, 0.6) is 0 Å². The normalized spacial score (nSPS) is 18.5. The first-order valence-electron chi connectivity index (χ1n) is 8.21. The maximum absolute atomic E-state index is 12.4. The van der Waals surface area contributed by atoms with Crippen LogP contribution in [0.3, 0.4) is 0 Å². The second-order valence-corrected chi connectivity index (χ2v) is 7.85. The smallest absolute Gasteiger partial charge is 0.317 e. The van der Waals surface area contributed by atoms with Gasteiger partial charge in [0.25, 0.3) is 0 Å². The van der Waals surface area contributed by atoms with E-state index in [0.717, 1.165) is 31.1 Å². The van der Waals surface area contributed by atoms with Gasteiger partial charge in [-0.2, -0.15) is 0 Å². The molecule has 4 nitrogen and oxygen atoms in total. The molecule has 1 N–H and O–H groups in total. The molecule has 0 saturated carbocycles. The molecule has 0 aromatic heterocycles. The fraction of sp³-hybridized carbons (Fsp3) is 0.611. The summed E-state index contributed by atoms with van der Waals surface area (Å²) in [5.74, 6) is 0.583. The minimum absolute atomic E-state index is 0.0493. The number of benzene rings is 1. The molecule has 1 fully saturated rings. The number of nitrogens with one attached hydrogen (secondary N) is 1. The van der Waals surface area contributed by atoms with Crippen LogP contribution in [-0.4, -0.2) is 56.1 Å². The van der Waals surface area contributed by atoms with Crippen LogP contribution in [-0.2, 0) is 5.41 Å². The number of carbonyl (C=O) groups excluding carboxylic acids is 1. The van der Waals surface area contributed by atoms with Gasteiger partial charge in [-0.05, 0) is 44.1 Å². The van der Waals surface area contributed by atoms with Gasteiger partial charge in [0, 0.05) is 36.6 Å². The fourth-order valence-corrected chi connectivity index (χ4v) is 3.22. The van der Waals surface area contributed by atoms with Crippen molar-refractivity contribution >= 4 is 17.6 Å². The standard InChI is InChI=1S/C18H28ClN3O/c1-18(2,15-5-7-16(19)8-6-15)13-20-17(23)22-10-9-14(12-22)11-21(3)4/h5-8,14H,9-13H2,1-4H3,(H,20,23)/t14-/m0/s1. The molecule has 1 saturated heterocycles. The van der Waals surface area contributed by atoms with E-state index >= 15 is 0 Å². The summed E-state index contributed by atoms with van der Waals surface area (Å²) in [6.45, 7) is 7.63. The van der Waals surface area contributed by atoms with Crippen LogP contribution in [0.2, 0.25) is 5.02 Å². The summed E-state index contributed by atoms with van der Waals surface area (Å²) >= 11 is 5.95. The largest absolute Gasteiger partial charge is 0.337 e. The van der Waals surface area contributed by atoms with E-state index in [4.69, 9.17) is 11.6 Å². The van der Waals surface area contributed by atoms with Gasteiger partial charge in [0.15, 0.2) is 0 Å². The number of likely N-dealkylation sites (tertiary alicyclic amines) is 1. The SMILES string of the molecule is CN(C)C[C@@H]1CCN(C(=O)NCC(C)(C)c2ccc(Cl)cc2)C1. The molecule has 0 unspecified atom stereocenters. The highest BCUT2D eigenvalue weighted by Crippen LogP contribution is 2.24. The van der Waals surface area contributed by atoms with Gasteiger partial charge in [-0.15, -0.1) is 0 Å². The topological polar surface area (TPSA) is 35.6 Å². The summed E-state index contributed by atoms with van der Waals surface area (Å²) in [5, 5.41) is 3.83. The molecule has 128 valence electrons. The Morgan fingerprint density at radius 3 is 2.61 bits per heavy atom. The first-order valence-corrected chi connectivity index (χ1v) is 8.59. The van der Waals surface area contributed by atoms with E-state index in [1.54, 1.807) is 0 Å². The van der Waals surface area contributed by atoms with Crippen molar-refractivity contribution in [3.05, 3.63) is 34.9 Å². The second kappa shape index (κ2) is 7.54. The van der Waals surface area contributed by atoms with Gasteiger partial charge in [-0.25, -0.2) is 4.79 Å². The Balaban J connectivity index is 1.85. The third kappa shape index (κ3) is 5.11. The van der Waals surface area contributed by atoms with Gasteiger partial charge in [-0.3, -0.25) is 0 Å². The Labute approximate surface area is 144 Å². The zero-order chi connectivity index (χ0) is 17.0. The summed E-state index contributed by atoms with van der Waals surface area (Å²) < 4.78 is 0. The van der Waals surface area contributed by atoms with E-state index in [9.17, 15) is 4.79 Å². The number of amides is 2. The lowest BCUT2D eigenvalue weighted by Gasteiger charge is -2.27. The molecule has 1 aromatic carbocycles. The third-order valence-corrected chi connectivity index (χ3v) is 4.76. The zero-order valence-corrected chi connectivity index (χ0v) is 15.4. The quantitative estimate of drug-likeness (QED) is 0.895. The first-order chi connectivity index (χ1) is 10.8. The highest BCUT2D eigenvalue weighted by Gasteiger charge is 2.28. The molecule has 2 rings (SSSR count). The van der Waals surface area contributed by atoms with Crippen LogP contribution >= 0.6 is 11.6 Å². The maximum Gasteiger partial charge on any atom is 0.317 e. The van der Waals surface area contributed by atoms with Gasteiger partial charge in [0.2, 0.25) is 0 Å². The first kappa shape index (κ1) is 18.1. The number of urea groups is 1. The van der Waals surface area contributed by atoms with Gasteiger partial charge in [0.05, 0.1) is 0 Å². The monoisotopic (exact) mass is 337 g/mol. The Kier molecular flexibility index (Phi) is 5.93. The lowest BCUT2D eigenvalue weighted by atomic mass is 9.85. The van der Waals surface area contributed by atoms with Crippen LogP contribution in [0.4, 0.5) is 4.79 Å². The molecule has 0 aliphatic carbocycles. The molecular formula is C18H28ClN3O. The average Bonchev–Trinajstić information content (AvgIpc) is 2.93. The van der Waals surface area contributed by atoms with Crippen molar-refractivity contribution in [2.75, 3.05) is 40.3 Å². The molecule has 0 bridgehead atoms. The van der Waals surface area contributed by atoms with Crippen molar-refractivity contribution < 1.29 is 4.79 Å². The molecule has 1 aliphatic heterocycles. The number of nitrogens with zero attached hydrogens (tertiary/aromatic N) is 2. The van der Waals surface area contributed by atoms with Crippen molar-refractivity contribution in [1.29, 1.82) is 0 Å². The van der Waals surface area contributed by atoms with E-state index in [1.165, 1.54) is 5.56 Å². The van der Waals surface area contributed by atoms with Crippen LogP contribution in [0.15, 0.2) is 24.3 Å². The van der Waals surface area contributed by atoms with Crippen LogP contribution < -0.4 is 5.32 Å². The number of hydrogen-bond donors (Lipinski definition) is 1. The summed E-state index contributed by atoms with van der Waals surface area (Å²) in [6, 6.07) is 7.89. The number of carbonyl (C=O) groups is 1. The summed E-state index contributed by atoms with van der Waals surface area (Å²) in [4.78, 5) is 16.5. The van der Waals surface area contributed by atoms with Crippen molar-refractivity contribution in [3.8, 4) is 0 Å². The van der Waals surface area contributed by atoms with Crippen molar-refractivity contribution in [2.45, 2.75) is 25.7 Å². The minimum Gasteiger partial charge on any atom is -0.337 e. The van der Waals surface area contributed by atoms with Gasteiger partial charge >= 0.3 is 6.03 Å². The predicted octanol–water partition coefficient (Wildman–Crippen LogP) is 3.21. The van der Waals surface area contributed by atoms with E-state index in [2.05, 4.69) is 38.2 Å². The van der Waals surface area contributed by atoms with Gasteiger partial charge < -0.3 is 15.1 Å². The number of rotatable bonds is 5. The second-order valence-electron chi connectivity index (χ2n) is 7.41. The van der Waals surface area contributed by atoms with E-state index in [-0.39, 0.29) is 11.4 Å². The van der Waals surface area contributed by atoms with Gasteiger partial charge in [0.1, 0.15) is 0 Å². The van der Waals surface area contributed by atoms with E-state index in [0.29, 0.717) is 12.5 Å². The van der Waals surface area contributed by atoms with Crippen molar-refractivity contribution in [2.24, 2.45) is 5.92 Å². The lowest BCUT2D eigenvalue weighted by Crippen LogP contribution is -2.44. The van der Waals surface area contributed by atoms with Crippen LogP contribution in [0.25, 0.3) is 0 Å². The fourth-order valence-electron chi connectivity index (χ4n) is 3.09. The lowest BCUT2D eigenvalue weighted by molar-refractivity contribution is 0.203. The Hall–Kier alpha value is -1.26. The number of halogens is 1. The van der Waals surface area contributed by atoms with Crippen molar-refractivity contribution in [3.63, 3.8) is 0 Å². The minimum atomic E-state index is -0.122. The Morgan fingerprint density at radius 1 is 1.35 bits per heavy atom. The summed E-state index contributed by atoms with van der Waals surface area (Å²) in [5.41, 5.74) is 1.05. The summed E-state index contributed by atoms with van der Waals surface area (Å²) in [6.07, 6.45) is 1.09. The van der Waals surface area contributed by atoms with E-state index in [1.807, 2.05) is 29.2 Å². The molecule has 23 heavy (non-hydrogen) atoms. The molecule has 1 aromatic rings. The number of hydrogen-bond acceptors (Lipinski definition) is 2. The Morgan fingerprint density at radius 2 is 2.00 bits per heavy atom. The van der Waals surface area contributed by atoms with Crippen LogP contribution in [0.1, 0.15) is 25.8 Å². The third-order valence-electron chi connectivity index (χ3n) is 4.50.